The summed E-state index contributed by atoms with van der Waals surface area (Å²) in [7, 11) is 0. The Hall–Kier alpha value is -2.31. The normalized spacial score (nSPS) is 12.9. The fraction of sp³-hybridized carbons (Fsp3) is 0.308. The average Bonchev–Trinajstić information content (AvgIpc) is 3.16. The van der Waals surface area contributed by atoms with Gasteiger partial charge in [-0.25, -0.2) is 4.68 Å². The molecule has 0 saturated carbocycles. The van der Waals surface area contributed by atoms with E-state index in [9.17, 15) is 4.79 Å². The summed E-state index contributed by atoms with van der Waals surface area (Å²) in [6, 6.07) is 13.0. The SMILES string of the molecule is C=CCC(C)C(C)NCCNC(=O)c1nn(-c2ccc(Cl)c(Cl)c2)c(-c2ccc(Cl)cc2)c1C. The lowest BCUT2D eigenvalue weighted by Gasteiger charge is -2.20. The number of halogens is 3. The van der Waals surface area contributed by atoms with Crippen LogP contribution in [0.5, 0.6) is 0 Å². The molecule has 0 spiro atoms. The topological polar surface area (TPSA) is 58.9 Å². The van der Waals surface area contributed by atoms with E-state index in [1.54, 1.807) is 16.8 Å². The number of benzene rings is 2. The Bertz CT molecular complexity index is 1160. The zero-order valence-corrected chi connectivity index (χ0v) is 21.8. The molecule has 1 amide bonds. The maximum absolute atomic E-state index is 13.1. The van der Waals surface area contributed by atoms with Crippen LogP contribution in [-0.2, 0) is 0 Å². The van der Waals surface area contributed by atoms with E-state index >= 15 is 0 Å². The lowest BCUT2D eigenvalue weighted by Crippen LogP contribution is -2.38. The van der Waals surface area contributed by atoms with Crippen LogP contribution in [0.2, 0.25) is 15.1 Å². The molecule has 5 nitrogen and oxygen atoms in total. The summed E-state index contributed by atoms with van der Waals surface area (Å²) in [5, 5.41) is 12.6. The first-order chi connectivity index (χ1) is 16.2. The second-order valence-electron chi connectivity index (χ2n) is 8.34. The summed E-state index contributed by atoms with van der Waals surface area (Å²) in [6.07, 6.45) is 2.87. The van der Waals surface area contributed by atoms with Gasteiger partial charge in [-0.1, -0.05) is 59.9 Å². The van der Waals surface area contributed by atoms with Crippen LogP contribution in [0.25, 0.3) is 16.9 Å². The third-order valence-corrected chi connectivity index (χ3v) is 6.86. The summed E-state index contributed by atoms with van der Waals surface area (Å²) < 4.78 is 1.72. The molecule has 0 radical (unpaired) electrons. The van der Waals surface area contributed by atoms with E-state index in [4.69, 9.17) is 34.8 Å². The fourth-order valence-corrected chi connectivity index (χ4v) is 4.11. The van der Waals surface area contributed by atoms with Gasteiger partial charge >= 0.3 is 0 Å². The van der Waals surface area contributed by atoms with Crippen molar-refractivity contribution in [3.05, 3.63) is 81.4 Å². The van der Waals surface area contributed by atoms with Gasteiger partial charge in [-0.2, -0.15) is 5.10 Å². The molecule has 0 fully saturated rings. The lowest BCUT2D eigenvalue weighted by molar-refractivity contribution is 0.0947. The average molecular weight is 520 g/mol. The Balaban J connectivity index is 1.85. The number of rotatable bonds is 10. The van der Waals surface area contributed by atoms with Gasteiger partial charge in [-0.05, 0) is 56.5 Å². The molecule has 3 rings (SSSR count). The number of carbonyl (C=O) groups excluding carboxylic acids is 1. The van der Waals surface area contributed by atoms with E-state index in [2.05, 4.69) is 36.2 Å². The maximum atomic E-state index is 13.1. The first-order valence-corrected chi connectivity index (χ1v) is 12.3. The van der Waals surface area contributed by atoms with Crippen molar-refractivity contribution in [3.8, 4) is 16.9 Å². The van der Waals surface area contributed by atoms with Crippen molar-refractivity contribution in [2.24, 2.45) is 5.92 Å². The van der Waals surface area contributed by atoms with Gasteiger partial charge in [0.1, 0.15) is 0 Å². The van der Waals surface area contributed by atoms with Crippen LogP contribution in [0.1, 0.15) is 36.3 Å². The number of nitrogens with one attached hydrogen (secondary N) is 2. The first-order valence-electron chi connectivity index (χ1n) is 11.2. The molecule has 2 aromatic carbocycles. The van der Waals surface area contributed by atoms with Crippen LogP contribution in [0.4, 0.5) is 0 Å². The van der Waals surface area contributed by atoms with E-state index in [1.807, 2.05) is 43.3 Å². The van der Waals surface area contributed by atoms with Gasteiger partial charge in [0.15, 0.2) is 5.69 Å². The number of allylic oxidation sites excluding steroid dienone is 1. The highest BCUT2D eigenvalue weighted by molar-refractivity contribution is 6.42. The smallest absolute Gasteiger partial charge is 0.272 e. The second kappa shape index (κ2) is 11.9. The molecule has 8 heteroatoms. The number of carbonyl (C=O) groups is 1. The number of aromatic nitrogens is 2. The predicted octanol–water partition coefficient (Wildman–Crippen LogP) is 6.73. The Morgan fingerprint density at radius 2 is 1.79 bits per heavy atom. The quantitative estimate of drug-likeness (QED) is 0.231. The largest absolute Gasteiger partial charge is 0.349 e. The maximum Gasteiger partial charge on any atom is 0.272 e. The molecule has 1 heterocycles. The molecular weight excluding hydrogens is 491 g/mol. The highest BCUT2D eigenvalue weighted by atomic mass is 35.5. The highest BCUT2D eigenvalue weighted by Crippen LogP contribution is 2.32. The number of hydrogen-bond acceptors (Lipinski definition) is 3. The van der Waals surface area contributed by atoms with E-state index in [0.29, 0.717) is 51.5 Å². The third kappa shape index (κ3) is 6.22. The molecule has 0 aliphatic heterocycles. The zero-order valence-electron chi connectivity index (χ0n) is 19.5. The first kappa shape index (κ1) is 26.3. The van der Waals surface area contributed by atoms with Crippen molar-refractivity contribution in [2.75, 3.05) is 13.1 Å². The van der Waals surface area contributed by atoms with Crippen molar-refractivity contribution < 1.29 is 4.79 Å². The predicted molar refractivity (Wildman–Crippen MR) is 143 cm³/mol. The molecule has 1 aromatic heterocycles. The van der Waals surface area contributed by atoms with Crippen LogP contribution >= 0.6 is 34.8 Å². The van der Waals surface area contributed by atoms with E-state index in [-0.39, 0.29) is 5.91 Å². The highest BCUT2D eigenvalue weighted by Gasteiger charge is 2.22. The van der Waals surface area contributed by atoms with Crippen LogP contribution in [-0.4, -0.2) is 34.8 Å². The van der Waals surface area contributed by atoms with Crippen molar-refractivity contribution in [3.63, 3.8) is 0 Å². The van der Waals surface area contributed by atoms with Gasteiger partial charge in [0, 0.05) is 35.3 Å². The minimum absolute atomic E-state index is 0.236. The number of nitrogens with zero attached hydrogens (tertiary/aromatic N) is 2. The fourth-order valence-electron chi connectivity index (χ4n) is 3.69. The molecule has 180 valence electrons. The standard InChI is InChI=1S/C26H29Cl3N4O/c1-5-6-16(2)18(4)30-13-14-31-26(34)24-17(3)25(19-7-9-20(27)10-8-19)33(32-24)21-11-12-22(28)23(29)15-21/h5,7-12,15-16,18,30H,1,6,13-14H2,2-4H3,(H,31,34). The van der Waals surface area contributed by atoms with Crippen molar-refractivity contribution in [1.29, 1.82) is 0 Å². The summed E-state index contributed by atoms with van der Waals surface area (Å²) >= 11 is 18.5. The lowest BCUT2D eigenvalue weighted by atomic mass is 10.00. The molecule has 0 aliphatic carbocycles. The molecular formula is C26H29Cl3N4O. The summed E-state index contributed by atoms with van der Waals surface area (Å²) in [5.41, 5.74) is 3.47. The van der Waals surface area contributed by atoms with E-state index < -0.39 is 0 Å². The third-order valence-electron chi connectivity index (χ3n) is 5.87. The van der Waals surface area contributed by atoms with Crippen LogP contribution < -0.4 is 10.6 Å². The molecule has 0 bridgehead atoms. The van der Waals surface area contributed by atoms with Crippen LogP contribution in [0.3, 0.4) is 0 Å². The molecule has 0 saturated heterocycles. The Morgan fingerprint density at radius 1 is 1.09 bits per heavy atom. The monoisotopic (exact) mass is 518 g/mol. The zero-order chi connectivity index (χ0) is 24.8. The van der Waals surface area contributed by atoms with Crippen LogP contribution in [0, 0.1) is 12.8 Å². The molecule has 2 unspecified atom stereocenters. The molecule has 0 aliphatic rings. The number of amides is 1. The van der Waals surface area contributed by atoms with Gasteiger partial charge in [0.2, 0.25) is 0 Å². The summed E-state index contributed by atoms with van der Waals surface area (Å²) in [6.45, 7) is 11.1. The summed E-state index contributed by atoms with van der Waals surface area (Å²) in [4.78, 5) is 13.1. The van der Waals surface area contributed by atoms with Crippen molar-refractivity contribution >= 4 is 40.7 Å². The Kier molecular flexibility index (Phi) is 9.20. The minimum Gasteiger partial charge on any atom is -0.349 e. The molecule has 2 N–H and O–H groups in total. The van der Waals surface area contributed by atoms with Crippen molar-refractivity contribution in [1.82, 2.24) is 20.4 Å². The molecule has 34 heavy (non-hydrogen) atoms. The number of hydrogen-bond donors (Lipinski definition) is 2. The minimum atomic E-state index is -0.236. The van der Waals surface area contributed by atoms with Gasteiger partial charge < -0.3 is 10.6 Å². The second-order valence-corrected chi connectivity index (χ2v) is 9.59. The van der Waals surface area contributed by atoms with E-state index in [1.165, 1.54) is 0 Å². The summed E-state index contributed by atoms with van der Waals surface area (Å²) in [5.74, 6) is 0.236. The molecule has 2 atom stereocenters. The van der Waals surface area contributed by atoms with Gasteiger partial charge in [-0.15, -0.1) is 6.58 Å². The van der Waals surface area contributed by atoms with Crippen LogP contribution in [0.15, 0.2) is 55.1 Å². The Labute approximate surface area is 216 Å². The van der Waals surface area contributed by atoms with Gasteiger partial charge in [0.05, 0.1) is 21.4 Å². The van der Waals surface area contributed by atoms with Gasteiger partial charge in [-0.3, -0.25) is 4.79 Å². The van der Waals surface area contributed by atoms with Crippen molar-refractivity contribution in [2.45, 2.75) is 33.2 Å². The van der Waals surface area contributed by atoms with E-state index in [0.717, 1.165) is 23.2 Å². The Morgan fingerprint density at radius 3 is 2.44 bits per heavy atom. The van der Waals surface area contributed by atoms with Gasteiger partial charge in [0.25, 0.3) is 5.91 Å². The molecule has 3 aromatic rings.